The minimum absolute atomic E-state index is 0.0678. The molecule has 0 amide bonds. The Bertz CT molecular complexity index is 346. The molecule has 0 radical (unpaired) electrons. The van der Waals surface area contributed by atoms with Crippen LogP contribution in [-0.2, 0) is 9.09 Å². The van der Waals surface area contributed by atoms with Gasteiger partial charge in [0.1, 0.15) is 6.26 Å². The summed E-state index contributed by atoms with van der Waals surface area (Å²) in [5, 5.41) is 2.89. The first kappa shape index (κ1) is 11.3. The van der Waals surface area contributed by atoms with Crippen LogP contribution in [0.5, 0.6) is 0 Å². The average Bonchev–Trinajstić information content (AvgIpc) is 2.51. The molecule has 14 heavy (non-hydrogen) atoms. The molecular weight excluding hydrogens is 201 g/mol. The van der Waals surface area contributed by atoms with E-state index in [0.29, 0.717) is 0 Å². The van der Waals surface area contributed by atoms with Crippen LogP contribution >= 0.6 is 7.52 Å². The monoisotopic (exact) mass is 217 g/mol. The van der Waals surface area contributed by atoms with Crippen LogP contribution in [0.2, 0.25) is 0 Å². The molecule has 1 heterocycles. The van der Waals surface area contributed by atoms with E-state index in [-0.39, 0.29) is 5.66 Å². The van der Waals surface area contributed by atoms with Crippen molar-refractivity contribution in [3.63, 3.8) is 0 Å². The predicted octanol–water partition coefficient (Wildman–Crippen LogP) is 3.25. The van der Waals surface area contributed by atoms with Gasteiger partial charge in [-0.2, -0.15) is 0 Å². The lowest BCUT2D eigenvalue weighted by molar-refractivity contribution is 0.391. The van der Waals surface area contributed by atoms with Crippen molar-refractivity contribution in [2.24, 2.45) is 0 Å². The summed E-state index contributed by atoms with van der Waals surface area (Å²) in [7, 11) is -1.35. The average molecular weight is 217 g/mol. The third kappa shape index (κ3) is 2.20. The number of furan rings is 1. The number of aryl methyl sites for hydroxylation is 1. The molecular formula is C9H16NO3P. The third-order valence-corrected chi connectivity index (χ3v) is 4.54. The quantitative estimate of drug-likeness (QED) is 0.786. The van der Waals surface area contributed by atoms with Crippen LogP contribution in [0.4, 0.5) is 5.69 Å². The van der Waals surface area contributed by atoms with Crippen LogP contribution in [0.25, 0.3) is 0 Å². The Balaban J connectivity index is 2.86. The normalized spacial score (nSPS) is 15.5. The summed E-state index contributed by atoms with van der Waals surface area (Å²) < 4.78 is 22.1. The standard InChI is InChI=1S/C9H16NO3P/c1-7(2)14(11,12-4)10-9-6-13-5-8(9)3/h5-7H,1-4H3,(H,10,11). The summed E-state index contributed by atoms with van der Waals surface area (Å²) in [6.07, 6.45) is 3.13. The zero-order valence-corrected chi connectivity index (χ0v) is 9.80. The largest absolute Gasteiger partial charge is 0.470 e. The van der Waals surface area contributed by atoms with Crippen molar-refractivity contribution in [1.29, 1.82) is 0 Å². The highest BCUT2D eigenvalue weighted by molar-refractivity contribution is 7.61. The molecule has 1 aromatic heterocycles. The molecule has 0 aromatic carbocycles. The van der Waals surface area contributed by atoms with Crippen LogP contribution in [0.3, 0.4) is 0 Å². The maximum absolute atomic E-state index is 12.1. The maximum atomic E-state index is 12.1. The second-order valence-corrected chi connectivity index (χ2v) is 6.27. The van der Waals surface area contributed by atoms with Gasteiger partial charge in [-0.05, 0) is 6.92 Å². The Kier molecular flexibility index (Phi) is 3.40. The van der Waals surface area contributed by atoms with Gasteiger partial charge < -0.3 is 14.0 Å². The number of anilines is 1. The Labute approximate surface area is 84.1 Å². The van der Waals surface area contributed by atoms with E-state index in [9.17, 15) is 4.57 Å². The molecule has 0 aliphatic heterocycles. The van der Waals surface area contributed by atoms with E-state index in [0.717, 1.165) is 11.3 Å². The molecule has 1 atom stereocenters. The molecule has 1 rings (SSSR count). The number of rotatable bonds is 4. The Morgan fingerprint density at radius 2 is 2.14 bits per heavy atom. The van der Waals surface area contributed by atoms with Crippen molar-refractivity contribution < 1.29 is 13.5 Å². The first-order valence-electron chi connectivity index (χ1n) is 4.46. The molecule has 0 spiro atoms. The van der Waals surface area contributed by atoms with Crippen LogP contribution in [0.15, 0.2) is 16.9 Å². The third-order valence-electron chi connectivity index (χ3n) is 2.08. The van der Waals surface area contributed by atoms with Crippen molar-refractivity contribution in [3.8, 4) is 0 Å². The molecule has 0 bridgehead atoms. The summed E-state index contributed by atoms with van der Waals surface area (Å²) in [4.78, 5) is 0. The topological polar surface area (TPSA) is 51.5 Å². The van der Waals surface area contributed by atoms with Crippen molar-refractivity contribution in [2.75, 3.05) is 12.2 Å². The van der Waals surface area contributed by atoms with Gasteiger partial charge in [0.2, 0.25) is 0 Å². The lowest BCUT2D eigenvalue weighted by Crippen LogP contribution is -2.08. The molecule has 1 unspecified atom stereocenters. The number of nitrogens with one attached hydrogen (secondary N) is 1. The first-order valence-corrected chi connectivity index (χ1v) is 6.15. The highest BCUT2D eigenvalue weighted by Gasteiger charge is 2.27. The van der Waals surface area contributed by atoms with Crippen molar-refractivity contribution in [1.82, 2.24) is 0 Å². The number of hydrogen-bond donors (Lipinski definition) is 1. The van der Waals surface area contributed by atoms with Gasteiger partial charge in [-0.3, -0.25) is 4.57 Å². The second-order valence-electron chi connectivity index (χ2n) is 3.45. The minimum Gasteiger partial charge on any atom is -0.470 e. The van der Waals surface area contributed by atoms with Crippen molar-refractivity contribution >= 4 is 13.2 Å². The van der Waals surface area contributed by atoms with Gasteiger partial charge in [0, 0.05) is 18.3 Å². The van der Waals surface area contributed by atoms with Crippen LogP contribution in [-0.4, -0.2) is 12.8 Å². The van der Waals surface area contributed by atoms with Crippen molar-refractivity contribution in [3.05, 3.63) is 18.1 Å². The fourth-order valence-electron chi connectivity index (χ4n) is 1.03. The Hall–Kier alpha value is -0.730. The molecule has 0 saturated carbocycles. The molecule has 1 aromatic rings. The molecule has 80 valence electrons. The lowest BCUT2D eigenvalue weighted by Gasteiger charge is -2.21. The zero-order chi connectivity index (χ0) is 10.8. The van der Waals surface area contributed by atoms with Crippen LogP contribution < -0.4 is 5.09 Å². The summed E-state index contributed by atoms with van der Waals surface area (Å²) in [6, 6.07) is 0. The van der Waals surface area contributed by atoms with E-state index >= 15 is 0 Å². The van der Waals surface area contributed by atoms with Gasteiger partial charge in [0.25, 0.3) is 7.52 Å². The van der Waals surface area contributed by atoms with Gasteiger partial charge in [-0.15, -0.1) is 0 Å². The summed E-state index contributed by atoms with van der Waals surface area (Å²) in [5.74, 6) is 0. The van der Waals surface area contributed by atoms with Gasteiger partial charge in [-0.1, -0.05) is 13.8 Å². The minimum atomic E-state index is -2.80. The smallest absolute Gasteiger partial charge is 0.296 e. The Morgan fingerprint density at radius 3 is 2.50 bits per heavy atom. The van der Waals surface area contributed by atoms with E-state index in [2.05, 4.69) is 5.09 Å². The Morgan fingerprint density at radius 1 is 1.50 bits per heavy atom. The van der Waals surface area contributed by atoms with Gasteiger partial charge in [0.05, 0.1) is 12.0 Å². The van der Waals surface area contributed by atoms with Crippen LogP contribution in [0, 0.1) is 6.92 Å². The molecule has 0 aliphatic carbocycles. The number of hydrogen-bond acceptors (Lipinski definition) is 3. The van der Waals surface area contributed by atoms with Gasteiger partial charge in [-0.25, -0.2) is 0 Å². The lowest BCUT2D eigenvalue weighted by atomic mass is 10.3. The van der Waals surface area contributed by atoms with Crippen molar-refractivity contribution in [2.45, 2.75) is 26.4 Å². The summed E-state index contributed by atoms with van der Waals surface area (Å²) >= 11 is 0. The van der Waals surface area contributed by atoms with E-state index in [1.807, 2.05) is 20.8 Å². The van der Waals surface area contributed by atoms with E-state index in [1.165, 1.54) is 13.4 Å². The van der Waals surface area contributed by atoms with E-state index < -0.39 is 7.52 Å². The first-order chi connectivity index (χ1) is 6.49. The molecule has 1 N–H and O–H groups in total. The van der Waals surface area contributed by atoms with E-state index in [4.69, 9.17) is 8.94 Å². The van der Waals surface area contributed by atoms with E-state index in [1.54, 1.807) is 6.26 Å². The SMILES string of the molecule is COP(=O)(Nc1cocc1C)C(C)C. The fourth-order valence-corrected chi connectivity index (χ4v) is 2.36. The molecule has 0 aliphatic rings. The fraction of sp³-hybridized carbons (Fsp3) is 0.556. The zero-order valence-electron chi connectivity index (χ0n) is 8.90. The van der Waals surface area contributed by atoms with Crippen LogP contribution in [0.1, 0.15) is 19.4 Å². The second kappa shape index (κ2) is 4.20. The molecule has 0 saturated heterocycles. The summed E-state index contributed by atoms with van der Waals surface area (Å²) in [6.45, 7) is 5.59. The highest BCUT2D eigenvalue weighted by Crippen LogP contribution is 2.50. The molecule has 0 fully saturated rings. The van der Waals surface area contributed by atoms with Gasteiger partial charge in [0.15, 0.2) is 0 Å². The van der Waals surface area contributed by atoms with Gasteiger partial charge >= 0.3 is 0 Å². The highest BCUT2D eigenvalue weighted by atomic mass is 31.2. The predicted molar refractivity (Wildman–Crippen MR) is 56.8 cm³/mol. The maximum Gasteiger partial charge on any atom is 0.296 e. The molecule has 5 heteroatoms. The molecule has 4 nitrogen and oxygen atoms in total. The summed E-state index contributed by atoms with van der Waals surface area (Å²) in [5.41, 5.74) is 1.58.